The van der Waals surface area contributed by atoms with Gasteiger partial charge in [0, 0.05) is 30.2 Å². The van der Waals surface area contributed by atoms with Gasteiger partial charge in [0.15, 0.2) is 5.78 Å². The monoisotopic (exact) mass is 325 g/mol. The van der Waals surface area contributed by atoms with Gasteiger partial charge in [-0.05, 0) is 59.8 Å². The molecule has 0 radical (unpaired) electrons. The van der Waals surface area contributed by atoms with E-state index in [9.17, 15) is 4.79 Å². The van der Waals surface area contributed by atoms with Crippen LogP contribution in [0.2, 0.25) is 0 Å². The summed E-state index contributed by atoms with van der Waals surface area (Å²) in [4.78, 5) is 13.4. The Labute approximate surface area is 123 Å². The Morgan fingerprint density at radius 1 is 1.47 bits per heavy atom. The Morgan fingerprint density at radius 2 is 2.21 bits per heavy atom. The average Bonchev–Trinajstić information content (AvgIpc) is 3.18. The van der Waals surface area contributed by atoms with Gasteiger partial charge in [0.25, 0.3) is 0 Å². The number of anilines is 1. The van der Waals surface area contributed by atoms with E-state index in [0.29, 0.717) is 0 Å². The van der Waals surface area contributed by atoms with Crippen molar-refractivity contribution in [3.8, 4) is 0 Å². The second-order valence-electron chi connectivity index (χ2n) is 5.16. The zero-order chi connectivity index (χ0) is 13.8. The molecule has 1 aliphatic carbocycles. The Morgan fingerprint density at radius 3 is 2.79 bits per heavy atom. The van der Waals surface area contributed by atoms with E-state index < -0.39 is 0 Å². The van der Waals surface area contributed by atoms with Crippen molar-refractivity contribution in [2.45, 2.75) is 19.8 Å². The number of hydrogen-bond donors (Lipinski definition) is 0. The fraction of sp³-hybridized carbons (Fsp3) is 0.533. The van der Waals surface area contributed by atoms with Gasteiger partial charge in [-0.25, -0.2) is 0 Å². The molecular formula is C15H20BrNO2. The first-order chi connectivity index (χ1) is 9.08. The van der Waals surface area contributed by atoms with Crippen LogP contribution in [0, 0.1) is 5.92 Å². The highest BCUT2D eigenvalue weighted by Gasteiger charge is 2.21. The van der Waals surface area contributed by atoms with Crippen LogP contribution >= 0.6 is 15.9 Å². The van der Waals surface area contributed by atoms with Gasteiger partial charge >= 0.3 is 0 Å². The highest BCUT2D eigenvalue weighted by Crippen LogP contribution is 2.29. The third-order valence-corrected chi connectivity index (χ3v) is 4.02. The van der Waals surface area contributed by atoms with E-state index in [1.54, 1.807) is 6.92 Å². The molecule has 0 heterocycles. The molecule has 0 bridgehead atoms. The number of Topliss-reactive ketones (excluding diaryl/α,β-unsaturated/α-hetero) is 1. The third kappa shape index (κ3) is 4.32. The first-order valence-corrected chi connectivity index (χ1v) is 7.46. The Bertz CT molecular complexity index is 457. The predicted molar refractivity (Wildman–Crippen MR) is 81.0 cm³/mol. The second kappa shape index (κ2) is 6.53. The minimum atomic E-state index is 0.0858. The number of halogens is 1. The standard InChI is InChI=1S/C15H20BrNO2/c1-11(18)13-5-6-15(14(16)9-13)17(2)7-8-19-10-12-3-4-12/h5-6,9,12H,3-4,7-8,10H2,1-2H3. The number of hydrogen-bond acceptors (Lipinski definition) is 3. The lowest BCUT2D eigenvalue weighted by molar-refractivity contribution is 0.101. The zero-order valence-electron chi connectivity index (χ0n) is 11.5. The molecule has 0 N–H and O–H groups in total. The fourth-order valence-corrected chi connectivity index (χ4v) is 2.57. The molecular weight excluding hydrogens is 306 g/mol. The fourth-order valence-electron chi connectivity index (χ4n) is 1.89. The molecule has 0 aliphatic heterocycles. The maximum absolute atomic E-state index is 11.3. The minimum Gasteiger partial charge on any atom is -0.379 e. The summed E-state index contributed by atoms with van der Waals surface area (Å²) in [5.74, 6) is 0.898. The van der Waals surface area contributed by atoms with E-state index in [2.05, 4.69) is 20.8 Å². The largest absolute Gasteiger partial charge is 0.379 e. The SMILES string of the molecule is CC(=O)c1ccc(N(C)CCOCC2CC2)c(Br)c1. The molecule has 1 saturated carbocycles. The van der Waals surface area contributed by atoms with Crippen molar-refractivity contribution in [3.63, 3.8) is 0 Å². The summed E-state index contributed by atoms with van der Waals surface area (Å²) in [6.45, 7) is 4.08. The van der Waals surface area contributed by atoms with Crippen LogP contribution in [0.25, 0.3) is 0 Å². The molecule has 0 amide bonds. The number of rotatable bonds is 7. The lowest BCUT2D eigenvalue weighted by Gasteiger charge is -2.21. The number of benzene rings is 1. The van der Waals surface area contributed by atoms with Crippen LogP contribution in [0.5, 0.6) is 0 Å². The number of carbonyl (C=O) groups excluding carboxylic acids is 1. The first kappa shape index (κ1) is 14.5. The molecule has 1 fully saturated rings. The second-order valence-corrected chi connectivity index (χ2v) is 6.02. The summed E-state index contributed by atoms with van der Waals surface area (Å²) in [6, 6.07) is 5.71. The lowest BCUT2D eigenvalue weighted by atomic mass is 10.1. The quantitative estimate of drug-likeness (QED) is 0.567. The molecule has 104 valence electrons. The maximum Gasteiger partial charge on any atom is 0.159 e. The van der Waals surface area contributed by atoms with Gasteiger partial charge in [-0.15, -0.1) is 0 Å². The molecule has 0 unspecified atom stereocenters. The van der Waals surface area contributed by atoms with Crippen LogP contribution in [-0.4, -0.2) is 32.6 Å². The molecule has 1 aliphatic rings. The van der Waals surface area contributed by atoms with Gasteiger partial charge in [0.2, 0.25) is 0 Å². The minimum absolute atomic E-state index is 0.0858. The van der Waals surface area contributed by atoms with E-state index in [4.69, 9.17) is 4.74 Å². The van der Waals surface area contributed by atoms with Crippen LogP contribution in [0.15, 0.2) is 22.7 Å². The normalized spacial score (nSPS) is 14.5. The molecule has 0 atom stereocenters. The smallest absolute Gasteiger partial charge is 0.159 e. The van der Waals surface area contributed by atoms with Crippen molar-refractivity contribution >= 4 is 27.4 Å². The summed E-state index contributed by atoms with van der Waals surface area (Å²) in [5.41, 5.74) is 1.81. The molecule has 0 aromatic heterocycles. The highest BCUT2D eigenvalue weighted by molar-refractivity contribution is 9.10. The van der Waals surface area contributed by atoms with Crippen molar-refractivity contribution in [1.82, 2.24) is 0 Å². The summed E-state index contributed by atoms with van der Waals surface area (Å²) >= 11 is 3.52. The molecule has 3 nitrogen and oxygen atoms in total. The van der Waals surface area contributed by atoms with Crippen molar-refractivity contribution in [2.75, 3.05) is 31.7 Å². The summed E-state index contributed by atoms with van der Waals surface area (Å²) in [5, 5.41) is 0. The van der Waals surface area contributed by atoms with Crippen LogP contribution in [0.1, 0.15) is 30.1 Å². The number of ether oxygens (including phenoxy) is 1. The molecule has 1 aromatic rings. The van der Waals surface area contributed by atoms with Crippen LogP contribution in [0.3, 0.4) is 0 Å². The maximum atomic E-state index is 11.3. The van der Waals surface area contributed by atoms with Crippen molar-refractivity contribution < 1.29 is 9.53 Å². The summed E-state index contributed by atoms with van der Waals surface area (Å²) in [7, 11) is 2.04. The highest BCUT2D eigenvalue weighted by atomic mass is 79.9. The number of likely N-dealkylation sites (N-methyl/N-ethyl adjacent to an activating group) is 1. The molecule has 4 heteroatoms. The van der Waals surface area contributed by atoms with Gasteiger partial charge in [-0.1, -0.05) is 0 Å². The van der Waals surface area contributed by atoms with Gasteiger partial charge in [-0.2, -0.15) is 0 Å². The van der Waals surface area contributed by atoms with Crippen molar-refractivity contribution in [3.05, 3.63) is 28.2 Å². The Hall–Kier alpha value is -0.870. The summed E-state index contributed by atoms with van der Waals surface area (Å²) in [6.07, 6.45) is 2.65. The predicted octanol–water partition coefficient (Wildman–Crippen LogP) is 3.51. The van der Waals surface area contributed by atoms with Gasteiger partial charge < -0.3 is 9.64 Å². The first-order valence-electron chi connectivity index (χ1n) is 6.67. The van der Waals surface area contributed by atoms with Crippen LogP contribution in [-0.2, 0) is 4.74 Å². The summed E-state index contributed by atoms with van der Waals surface area (Å²) < 4.78 is 6.59. The van der Waals surface area contributed by atoms with Gasteiger partial charge in [0.05, 0.1) is 12.3 Å². The molecule has 19 heavy (non-hydrogen) atoms. The van der Waals surface area contributed by atoms with E-state index in [-0.39, 0.29) is 5.78 Å². The number of carbonyl (C=O) groups is 1. The van der Waals surface area contributed by atoms with E-state index >= 15 is 0 Å². The van der Waals surface area contributed by atoms with Crippen LogP contribution < -0.4 is 4.90 Å². The van der Waals surface area contributed by atoms with E-state index in [1.165, 1.54) is 12.8 Å². The van der Waals surface area contributed by atoms with Crippen molar-refractivity contribution in [2.24, 2.45) is 5.92 Å². The zero-order valence-corrected chi connectivity index (χ0v) is 13.1. The lowest BCUT2D eigenvalue weighted by Crippen LogP contribution is -2.23. The number of nitrogens with zero attached hydrogens (tertiary/aromatic N) is 1. The third-order valence-electron chi connectivity index (χ3n) is 3.39. The van der Waals surface area contributed by atoms with Gasteiger partial charge in [-0.3, -0.25) is 4.79 Å². The molecule has 0 saturated heterocycles. The average molecular weight is 326 g/mol. The molecule has 1 aromatic carbocycles. The Balaban J connectivity index is 1.86. The van der Waals surface area contributed by atoms with Gasteiger partial charge in [0.1, 0.15) is 0 Å². The van der Waals surface area contributed by atoms with E-state index in [0.717, 1.165) is 41.4 Å². The number of ketones is 1. The van der Waals surface area contributed by atoms with E-state index in [1.807, 2.05) is 25.2 Å². The Kier molecular flexibility index (Phi) is 4.99. The van der Waals surface area contributed by atoms with Crippen molar-refractivity contribution in [1.29, 1.82) is 0 Å². The topological polar surface area (TPSA) is 29.5 Å². The molecule has 2 rings (SSSR count). The van der Waals surface area contributed by atoms with Crippen LogP contribution in [0.4, 0.5) is 5.69 Å². The molecule has 0 spiro atoms.